The van der Waals surface area contributed by atoms with Crippen LogP contribution in [-0.2, 0) is 0 Å². The van der Waals surface area contributed by atoms with Gasteiger partial charge in [-0.05, 0) is 5.37 Å². The van der Waals surface area contributed by atoms with Crippen LogP contribution < -0.4 is 0 Å². The first-order valence-corrected chi connectivity index (χ1v) is 2.04. The lowest BCUT2D eigenvalue weighted by Crippen LogP contribution is -2.05. The molecule has 0 aliphatic rings. The van der Waals surface area contributed by atoms with Crippen LogP contribution in [0.5, 0.6) is 0 Å². The average molecular weight is 128 g/mol. The molecular formula is C3H3F3S. The molecule has 0 aliphatic heterocycles. The van der Waals surface area contributed by atoms with E-state index >= 15 is 0 Å². The largest absolute Gasteiger partial charge is 0.393 e. The Morgan fingerprint density at radius 1 is 1.43 bits per heavy atom. The topological polar surface area (TPSA) is 0 Å². The van der Waals surface area contributed by atoms with E-state index in [9.17, 15) is 13.2 Å². The van der Waals surface area contributed by atoms with E-state index < -0.39 is 12.6 Å². The summed E-state index contributed by atoms with van der Waals surface area (Å²) in [5, 5.41) is 0.667. The van der Waals surface area contributed by atoms with Crippen LogP contribution in [-0.4, -0.2) is 11.5 Å². The van der Waals surface area contributed by atoms with Crippen LogP contribution in [0.4, 0.5) is 13.2 Å². The van der Waals surface area contributed by atoms with Crippen LogP contribution in [0.2, 0.25) is 0 Å². The molecule has 0 N–H and O–H groups in total. The van der Waals surface area contributed by atoms with Gasteiger partial charge in [0.2, 0.25) is 0 Å². The molecule has 0 bridgehead atoms. The summed E-state index contributed by atoms with van der Waals surface area (Å²) in [6.07, 6.45) is -5.08. The molecule has 0 saturated heterocycles. The predicted molar refractivity (Wildman–Crippen MR) is 24.3 cm³/mol. The first-order valence-electron chi connectivity index (χ1n) is 1.56. The van der Waals surface area contributed by atoms with E-state index in [-0.39, 0.29) is 0 Å². The van der Waals surface area contributed by atoms with Crippen LogP contribution >= 0.6 is 12.2 Å². The molecule has 0 atom stereocenters. The van der Waals surface area contributed by atoms with Gasteiger partial charge in [0.1, 0.15) is 0 Å². The van der Waals surface area contributed by atoms with E-state index in [1.165, 1.54) is 0 Å². The van der Waals surface area contributed by atoms with E-state index in [0.717, 1.165) is 0 Å². The normalized spacial score (nSPS) is 11.3. The summed E-state index contributed by atoms with van der Waals surface area (Å²) < 4.78 is 32.9. The summed E-state index contributed by atoms with van der Waals surface area (Å²) in [5.41, 5.74) is 0. The third-order valence-electron chi connectivity index (χ3n) is 0.315. The molecule has 0 aromatic rings. The highest BCUT2D eigenvalue weighted by Crippen LogP contribution is 2.17. The first-order chi connectivity index (χ1) is 3.06. The Balaban J connectivity index is 3.34. The fourth-order valence-corrected chi connectivity index (χ4v) is 0.283. The molecule has 0 radical (unpaired) electrons. The van der Waals surface area contributed by atoms with Gasteiger partial charge in [0.05, 0.1) is 6.42 Å². The van der Waals surface area contributed by atoms with Gasteiger partial charge in [0, 0.05) is 0 Å². The number of hydrogen-bond donors (Lipinski definition) is 0. The van der Waals surface area contributed by atoms with Crippen LogP contribution in [0.25, 0.3) is 0 Å². The number of hydrogen-bond acceptors (Lipinski definition) is 1. The van der Waals surface area contributed by atoms with Gasteiger partial charge in [-0.3, -0.25) is 0 Å². The third kappa shape index (κ3) is 5.88. The van der Waals surface area contributed by atoms with Crippen molar-refractivity contribution < 1.29 is 13.2 Å². The lowest BCUT2D eigenvalue weighted by Gasteiger charge is -1.97. The van der Waals surface area contributed by atoms with E-state index in [1.807, 2.05) is 0 Å². The second kappa shape index (κ2) is 2.26. The molecule has 0 aromatic heterocycles. The van der Waals surface area contributed by atoms with Gasteiger partial charge >= 0.3 is 6.18 Å². The van der Waals surface area contributed by atoms with Gasteiger partial charge in [-0.1, -0.05) is 12.2 Å². The van der Waals surface area contributed by atoms with Gasteiger partial charge in [-0.15, -0.1) is 0 Å². The molecule has 0 aromatic carbocycles. The van der Waals surface area contributed by atoms with Crippen molar-refractivity contribution in [2.45, 2.75) is 12.6 Å². The molecule has 0 fully saturated rings. The van der Waals surface area contributed by atoms with Crippen molar-refractivity contribution in [1.29, 1.82) is 0 Å². The van der Waals surface area contributed by atoms with Gasteiger partial charge in [-0.25, -0.2) is 0 Å². The monoisotopic (exact) mass is 128 g/mol. The lowest BCUT2D eigenvalue weighted by atomic mass is 10.5. The van der Waals surface area contributed by atoms with Crippen molar-refractivity contribution in [1.82, 2.24) is 0 Å². The lowest BCUT2D eigenvalue weighted by molar-refractivity contribution is -0.120. The molecule has 0 nitrogen and oxygen atoms in total. The maximum Gasteiger partial charge on any atom is 0.393 e. The van der Waals surface area contributed by atoms with Crippen molar-refractivity contribution in [3.8, 4) is 0 Å². The number of rotatable bonds is 1. The maximum atomic E-state index is 11.0. The van der Waals surface area contributed by atoms with Crippen molar-refractivity contribution in [3.63, 3.8) is 0 Å². The summed E-state index contributed by atoms with van der Waals surface area (Å²) >= 11 is 3.96. The molecule has 7 heavy (non-hydrogen) atoms. The molecule has 0 amide bonds. The number of thiocarbonyl (C=S) groups is 1. The van der Waals surface area contributed by atoms with Crippen molar-refractivity contribution in [2.24, 2.45) is 0 Å². The fraction of sp³-hybridized carbons (Fsp3) is 0.667. The standard InChI is InChI=1S/C3H3F3S/c4-3(5,6)1-2-7/h2H,1H2. The summed E-state index contributed by atoms with van der Waals surface area (Å²) in [4.78, 5) is 0. The summed E-state index contributed by atoms with van der Waals surface area (Å²) in [6, 6.07) is 0. The van der Waals surface area contributed by atoms with Gasteiger partial charge in [-0.2, -0.15) is 13.2 Å². The van der Waals surface area contributed by atoms with Gasteiger partial charge in [0.25, 0.3) is 0 Å². The van der Waals surface area contributed by atoms with E-state index in [2.05, 4.69) is 12.2 Å². The van der Waals surface area contributed by atoms with E-state index in [4.69, 9.17) is 0 Å². The highest BCUT2D eigenvalue weighted by molar-refractivity contribution is 7.78. The van der Waals surface area contributed by atoms with Crippen LogP contribution in [0, 0.1) is 0 Å². The van der Waals surface area contributed by atoms with Crippen molar-refractivity contribution in [2.75, 3.05) is 0 Å². The summed E-state index contributed by atoms with van der Waals surface area (Å²) in [5.74, 6) is 0. The SMILES string of the molecule is FC(F)(F)CC=S. The quantitative estimate of drug-likeness (QED) is 0.486. The molecular weight excluding hydrogens is 125 g/mol. The molecule has 0 spiro atoms. The highest BCUT2D eigenvalue weighted by atomic mass is 32.1. The highest BCUT2D eigenvalue weighted by Gasteiger charge is 2.24. The van der Waals surface area contributed by atoms with E-state index in [1.54, 1.807) is 0 Å². The van der Waals surface area contributed by atoms with Gasteiger partial charge in [0.15, 0.2) is 0 Å². The minimum Gasteiger partial charge on any atom is -0.171 e. The molecule has 4 heteroatoms. The molecule has 0 rings (SSSR count). The predicted octanol–water partition coefficient (Wildman–Crippen LogP) is 1.94. The second-order valence-electron chi connectivity index (χ2n) is 0.986. The molecule has 0 saturated carbocycles. The Kier molecular flexibility index (Phi) is 2.22. The maximum absolute atomic E-state index is 11.0. The zero-order chi connectivity index (χ0) is 5.91. The van der Waals surface area contributed by atoms with Crippen LogP contribution in [0.3, 0.4) is 0 Å². The number of alkyl halides is 3. The Labute approximate surface area is 44.3 Å². The van der Waals surface area contributed by atoms with Crippen LogP contribution in [0.1, 0.15) is 6.42 Å². The smallest absolute Gasteiger partial charge is 0.171 e. The summed E-state index contributed by atoms with van der Waals surface area (Å²) in [6.45, 7) is 0. The Bertz CT molecular complexity index is 65.1. The van der Waals surface area contributed by atoms with Crippen molar-refractivity contribution >= 4 is 17.6 Å². The molecule has 0 heterocycles. The Morgan fingerprint density at radius 2 is 1.86 bits per heavy atom. The van der Waals surface area contributed by atoms with E-state index in [0.29, 0.717) is 5.37 Å². The van der Waals surface area contributed by atoms with Crippen molar-refractivity contribution in [3.05, 3.63) is 0 Å². The van der Waals surface area contributed by atoms with Crippen LogP contribution in [0.15, 0.2) is 0 Å². The second-order valence-corrected chi connectivity index (χ2v) is 1.32. The average Bonchev–Trinajstić information content (AvgIpc) is 1.30. The molecule has 0 aliphatic carbocycles. The molecule has 0 unspecified atom stereocenters. The molecule has 42 valence electrons. The Morgan fingerprint density at radius 3 is 1.86 bits per heavy atom. The Hall–Kier alpha value is -0.120. The number of halogens is 3. The minimum absolute atomic E-state index is 0.667. The zero-order valence-corrected chi connectivity index (χ0v) is 4.14. The zero-order valence-electron chi connectivity index (χ0n) is 3.33. The fourth-order valence-electron chi connectivity index (χ4n) is 0.0945. The summed E-state index contributed by atoms with van der Waals surface area (Å²) in [7, 11) is 0. The third-order valence-corrected chi connectivity index (χ3v) is 0.481. The van der Waals surface area contributed by atoms with Gasteiger partial charge < -0.3 is 0 Å². The minimum atomic E-state index is -4.11. The first kappa shape index (κ1) is 6.88.